The average Bonchev–Trinajstić information content (AvgIpc) is 3.23. The third-order valence-corrected chi connectivity index (χ3v) is 12.7. The van der Waals surface area contributed by atoms with Crippen molar-refractivity contribution in [3.05, 3.63) is 154 Å². The minimum absolute atomic E-state index is 0.0912. The molecule has 0 aliphatic carbocycles. The minimum Gasteiger partial charge on any atom is -0.494 e. The van der Waals surface area contributed by atoms with E-state index in [1.54, 1.807) is 0 Å². The molecule has 0 bridgehead atoms. The Balaban J connectivity index is 1.68. The lowest BCUT2D eigenvalue weighted by Gasteiger charge is -2.36. The number of hydrogen-bond donors (Lipinski definition) is 0. The summed E-state index contributed by atoms with van der Waals surface area (Å²) in [4.78, 5) is 5.10. The second-order valence-electron chi connectivity index (χ2n) is 20.3. The number of rotatable bonds is 14. The zero-order valence-electron chi connectivity index (χ0n) is 41.3. The molecule has 0 heterocycles. The molecule has 0 saturated heterocycles. The van der Waals surface area contributed by atoms with Crippen molar-refractivity contribution in [1.82, 2.24) is 0 Å². The third kappa shape index (κ3) is 9.53. The quantitative estimate of drug-likeness (QED) is 0.0618. The van der Waals surface area contributed by atoms with Crippen LogP contribution >= 0.6 is 0 Å². The van der Waals surface area contributed by atoms with E-state index in [9.17, 15) is 0 Å². The van der Waals surface area contributed by atoms with Crippen LogP contribution < -0.4 is 19.3 Å². The molecular weight excluding hydrogens is 781 g/mol. The molecule has 0 saturated carbocycles. The third-order valence-electron chi connectivity index (χ3n) is 12.7. The van der Waals surface area contributed by atoms with Gasteiger partial charge in [0.25, 0.3) is 0 Å². The van der Waals surface area contributed by atoms with Crippen LogP contribution in [0.25, 0.3) is 21.5 Å². The summed E-state index contributed by atoms with van der Waals surface area (Å²) in [6.07, 6.45) is 4.25. The molecule has 0 aliphatic heterocycles. The van der Waals surface area contributed by atoms with Crippen molar-refractivity contribution < 1.29 is 9.47 Å². The number of aryl methyl sites for hydroxylation is 6. The van der Waals surface area contributed by atoms with Gasteiger partial charge < -0.3 is 19.3 Å². The number of anilines is 6. The van der Waals surface area contributed by atoms with E-state index >= 15 is 0 Å². The predicted molar refractivity (Wildman–Crippen MR) is 277 cm³/mol. The van der Waals surface area contributed by atoms with Crippen LogP contribution in [-0.4, -0.2) is 13.2 Å². The zero-order valence-corrected chi connectivity index (χ0v) is 41.3. The fourth-order valence-electron chi connectivity index (χ4n) is 9.10. The number of benzene rings is 7. The summed E-state index contributed by atoms with van der Waals surface area (Å²) in [5, 5.41) is 4.79. The van der Waals surface area contributed by atoms with Gasteiger partial charge in [0.2, 0.25) is 0 Å². The molecule has 0 aliphatic rings. The number of hydrogen-bond acceptors (Lipinski definition) is 4. The maximum Gasteiger partial charge on any atom is 0.119 e. The monoisotopic (exact) mass is 853 g/mol. The number of ether oxygens (including phenoxy) is 2. The lowest BCUT2D eigenvalue weighted by atomic mass is 9.82. The molecule has 0 radical (unpaired) electrons. The fraction of sp³-hybridized carbons (Fsp3) is 0.367. The van der Waals surface area contributed by atoms with Crippen molar-refractivity contribution in [3.63, 3.8) is 0 Å². The van der Waals surface area contributed by atoms with Crippen molar-refractivity contribution in [2.24, 2.45) is 0 Å². The normalized spacial score (nSPS) is 12.0. The fourth-order valence-corrected chi connectivity index (χ4v) is 9.10. The van der Waals surface area contributed by atoms with E-state index in [0.717, 1.165) is 48.6 Å². The predicted octanol–water partition coefficient (Wildman–Crippen LogP) is 17.7. The van der Waals surface area contributed by atoms with Crippen LogP contribution in [0.2, 0.25) is 0 Å². The summed E-state index contributed by atoms with van der Waals surface area (Å²) in [5.74, 6) is 1.85. The molecule has 334 valence electrons. The van der Waals surface area contributed by atoms with Crippen LogP contribution in [-0.2, 0) is 10.8 Å². The van der Waals surface area contributed by atoms with Crippen LogP contribution in [0.1, 0.15) is 126 Å². The van der Waals surface area contributed by atoms with E-state index in [-0.39, 0.29) is 10.8 Å². The Hall–Kier alpha value is -5.74. The van der Waals surface area contributed by atoms with Gasteiger partial charge in [0.15, 0.2) is 0 Å². The largest absolute Gasteiger partial charge is 0.494 e. The van der Waals surface area contributed by atoms with Crippen LogP contribution in [0, 0.1) is 41.5 Å². The van der Waals surface area contributed by atoms with Gasteiger partial charge in [0.1, 0.15) is 11.5 Å². The Bertz CT molecular complexity index is 2530. The Morgan fingerprint density at radius 2 is 0.719 bits per heavy atom. The molecule has 0 spiro atoms. The summed E-state index contributed by atoms with van der Waals surface area (Å²) in [6.45, 7) is 33.1. The van der Waals surface area contributed by atoms with E-state index in [1.165, 1.54) is 88.8 Å². The number of fused-ring (bicyclic) bond motifs is 2. The maximum atomic E-state index is 6.36. The van der Waals surface area contributed by atoms with Crippen LogP contribution in [0.15, 0.2) is 109 Å². The Morgan fingerprint density at radius 1 is 0.391 bits per heavy atom. The summed E-state index contributed by atoms with van der Waals surface area (Å²) in [6, 6.07) is 41.6. The highest BCUT2D eigenvalue weighted by Crippen LogP contribution is 2.54. The highest BCUT2D eigenvalue weighted by atomic mass is 16.5. The minimum atomic E-state index is -0.0912. The van der Waals surface area contributed by atoms with Gasteiger partial charge in [0.05, 0.1) is 36.0 Å². The molecule has 4 heteroatoms. The van der Waals surface area contributed by atoms with Gasteiger partial charge in [-0.2, -0.15) is 0 Å². The zero-order chi connectivity index (χ0) is 46.1. The molecule has 0 amide bonds. The Labute approximate surface area is 385 Å². The molecule has 7 rings (SSSR count). The first-order valence-corrected chi connectivity index (χ1v) is 23.7. The van der Waals surface area contributed by atoms with Crippen molar-refractivity contribution in [2.45, 2.75) is 133 Å². The lowest BCUT2D eigenvalue weighted by molar-refractivity contribution is 0.309. The smallest absolute Gasteiger partial charge is 0.119 e. The summed E-state index contributed by atoms with van der Waals surface area (Å²) < 4.78 is 12.7. The van der Waals surface area contributed by atoms with E-state index in [2.05, 4.69) is 216 Å². The lowest BCUT2D eigenvalue weighted by Crippen LogP contribution is -2.18. The molecule has 0 N–H and O–H groups in total. The van der Waals surface area contributed by atoms with Gasteiger partial charge in [-0.15, -0.1) is 0 Å². The van der Waals surface area contributed by atoms with Gasteiger partial charge in [0, 0.05) is 32.9 Å². The Kier molecular flexibility index (Phi) is 13.6. The highest BCUT2D eigenvalue weighted by Gasteiger charge is 2.30. The SMILES string of the molecule is CCCCOc1cc(C)c(N(c2ccc(C)cc2)c2c3ccc(C(C)(C)C)cc3c(N(c3ccc(C)cc3)c3c(C)cc(OCCCC)cc3C)c3ccc(C(C)(C)C)cc23)c(C)c1. The second-order valence-corrected chi connectivity index (χ2v) is 20.3. The van der Waals surface area contributed by atoms with Gasteiger partial charge in [-0.25, -0.2) is 0 Å². The van der Waals surface area contributed by atoms with Crippen molar-refractivity contribution in [1.29, 1.82) is 0 Å². The van der Waals surface area contributed by atoms with Gasteiger partial charge in [-0.3, -0.25) is 0 Å². The van der Waals surface area contributed by atoms with Gasteiger partial charge >= 0.3 is 0 Å². The summed E-state index contributed by atoms with van der Waals surface area (Å²) in [5.41, 5.74) is 16.5. The van der Waals surface area contributed by atoms with Gasteiger partial charge in [-0.05, 0) is 159 Å². The number of unbranched alkanes of at least 4 members (excludes halogenated alkanes) is 2. The average molecular weight is 853 g/mol. The van der Waals surface area contributed by atoms with Crippen molar-refractivity contribution in [3.8, 4) is 11.5 Å². The first kappa shape index (κ1) is 46.3. The molecule has 0 aromatic heterocycles. The van der Waals surface area contributed by atoms with E-state index in [1.807, 2.05) is 0 Å². The van der Waals surface area contributed by atoms with Gasteiger partial charge in [-0.1, -0.05) is 128 Å². The molecule has 0 unspecified atom stereocenters. The summed E-state index contributed by atoms with van der Waals surface area (Å²) in [7, 11) is 0. The molecule has 7 aromatic carbocycles. The first-order chi connectivity index (χ1) is 30.4. The van der Waals surface area contributed by atoms with Crippen LogP contribution in [0.3, 0.4) is 0 Å². The molecule has 0 fully saturated rings. The number of nitrogens with zero attached hydrogens (tertiary/aromatic N) is 2. The molecule has 64 heavy (non-hydrogen) atoms. The highest BCUT2D eigenvalue weighted by molar-refractivity contribution is 6.24. The standard InChI is InChI=1S/C60H72N2O2/c1-15-17-31-63-49-33-41(5)55(42(6)34-49)61(47-25-19-39(3)20-26-47)57-51-29-23-46(60(12,13)14)38-54(51)58(52-30-24-45(37-53(52)57)59(9,10)11)62(48-27-21-40(4)22-28-48)56-43(7)35-50(36-44(56)8)64-32-18-16-2/h19-30,33-38H,15-18,31-32H2,1-14H3. The second kappa shape index (κ2) is 18.8. The maximum absolute atomic E-state index is 6.36. The topological polar surface area (TPSA) is 24.9 Å². The van der Waals surface area contributed by atoms with E-state index < -0.39 is 0 Å². The van der Waals surface area contributed by atoms with E-state index in [4.69, 9.17) is 9.47 Å². The van der Waals surface area contributed by atoms with Crippen molar-refractivity contribution >= 4 is 55.7 Å². The Morgan fingerprint density at radius 3 is 1.02 bits per heavy atom. The first-order valence-electron chi connectivity index (χ1n) is 23.7. The molecule has 0 atom stereocenters. The van der Waals surface area contributed by atoms with E-state index in [0.29, 0.717) is 13.2 Å². The summed E-state index contributed by atoms with van der Waals surface area (Å²) >= 11 is 0. The molecular formula is C60H72N2O2. The van der Waals surface area contributed by atoms with Crippen LogP contribution in [0.4, 0.5) is 34.1 Å². The van der Waals surface area contributed by atoms with Crippen LogP contribution in [0.5, 0.6) is 11.5 Å². The van der Waals surface area contributed by atoms with Crippen molar-refractivity contribution in [2.75, 3.05) is 23.0 Å². The molecule has 7 aromatic rings. The molecule has 4 nitrogen and oxygen atoms in total.